The Balaban J connectivity index is 1.74. The molecule has 0 N–H and O–H groups in total. The average Bonchev–Trinajstić information content (AvgIpc) is 3.07. The zero-order chi connectivity index (χ0) is 25.0. The Morgan fingerprint density at radius 3 is 1.53 bits per heavy atom. The smallest absolute Gasteiger partial charge is 0.256 e. The summed E-state index contributed by atoms with van der Waals surface area (Å²) >= 11 is 0. The van der Waals surface area contributed by atoms with Crippen molar-refractivity contribution in [2.75, 3.05) is 6.54 Å². The summed E-state index contributed by atoms with van der Waals surface area (Å²) in [5, 5.41) is 0. The molecular weight excluding hydrogens is 434 g/mol. The lowest BCUT2D eigenvalue weighted by Gasteiger charge is -2.35. The van der Waals surface area contributed by atoms with E-state index in [0.29, 0.717) is 5.57 Å². The van der Waals surface area contributed by atoms with Crippen LogP contribution in [-0.2, 0) is 40.3 Å². The van der Waals surface area contributed by atoms with E-state index in [-0.39, 0.29) is 24.8 Å². The van der Waals surface area contributed by atoms with Gasteiger partial charge in [0, 0.05) is 24.6 Å². The van der Waals surface area contributed by atoms with Crippen LogP contribution in [-0.4, -0.2) is 29.0 Å². The van der Waals surface area contributed by atoms with Crippen LogP contribution in [0.4, 0.5) is 0 Å². The van der Waals surface area contributed by atoms with E-state index >= 15 is 0 Å². The van der Waals surface area contributed by atoms with Gasteiger partial charge in [-0.2, -0.15) is 9.78 Å². The number of nitrogens with zero attached hydrogens (tertiary/aromatic N) is 1. The van der Waals surface area contributed by atoms with Crippen LogP contribution in [0.25, 0.3) is 0 Å². The van der Waals surface area contributed by atoms with Gasteiger partial charge in [-0.25, -0.2) is 9.78 Å². The molecule has 34 heavy (non-hydrogen) atoms. The largest absolute Gasteiger partial charge is 0.275 e. The highest BCUT2D eigenvalue weighted by molar-refractivity contribution is 6.15. The van der Waals surface area contributed by atoms with Gasteiger partial charge in [0.2, 0.25) is 5.79 Å². The lowest BCUT2D eigenvalue weighted by molar-refractivity contribution is -0.543. The minimum Gasteiger partial charge on any atom is -0.275 e. The average molecular weight is 468 g/mol. The molecule has 1 heterocycles. The fraction of sp³-hybridized carbons (Fsp3) is 0.407. The van der Waals surface area contributed by atoms with Gasteiger partial charge in [0.05, 0.1) is 0 Å². The number of hydrogen-bond donors (Lipinski definition) is 0. The van der Waals surface area contributed by atoms with Crippen LogP contribution < -0.4 is 0 Å². The van der Waals surface area contributed by atoms with Crippen LogP contribution in [0, 0.1) is 0 Å². The van der Waals surface area contributed by atoms with E-state index in [0.717, 1.165) is 16.0 Å². The number of imide groups is 1. The third-order valence-corrected chi connectivity index (χ3v) is 5.77. The van der Waals surface area contributed by atoms with Gasteiger partial charge in [-0.05, 0) is 52.7 Å². The molecule has 0 saturated carbocycles. The SMILES string of the molecule is CC1=CC(=O)N(CCC(C)(OOC(C)(C)c2ccccc2)OOC(C)(C)c2ccccc2)C1=O. The molecule has 0 saturated heterocycles. The molecular formula is C27H33NO6. The maximum atomic E-state index is 12.3. The van der Waals surface area contributed by atoms with Gasteiger partial charge < -0.3 is 0 Å². The third kappa shape index (κ3) is 6.18. The fourth-order valence-corrected chi connectivity index (χ4v) is 3.42. The van der Waals surface area contributed by atoms with E-state index in [1.807, 2.05) is 88.4 Å². The normalized spacial score (nSPS) is 15.1. The molecule has 0 unspecified atom stereocenters. The van der Waals surface area contributed by atoms with E-state index in [4.69, 9.17) is 19.6 Å². The standard InChI is InChI=1S/C27H33NO6/c1-20-19-23(29)28(24(20)30)18-17-27(6,33-31-25(2,3)21-13-9-7-10-14-21)34-32-26(4,5)22-15-11-8-12-16-22/h7-16,19H,17-18H2,1-6H3. The first-order valence-corrected chi connectivity index (χ1v) is 11.3. The maximum Gasteiger partial charge on any atom is 0.256 e. The Morgan fingerprint density at radius 1 is 0.706 bits per heavy atom. The van der Waals surface area contributed by atoms with Gasteiger partial charge in [0.25, 0.3) is 11.8 Å². The van der Waals surface area contributed by atoms with Gasteiger partial charge in [0.1, 0.15) is 11.2 Å². The number of benzene rings is 2. The molecule has 1 aliphatic rings. The van der Waals surface area contributed by atoms with Crippen molar-refractivity contribution in [3.63, 3.8) is 0 Å². The first kappa shape index (κ1) is 25.8. The molecule has 2 aromatic carbocycles. The number of amides is 2. The molecule has 0 aromatic heterocycles. The van der Waals surface area contributed by atoms with Crippen molar-refractivity contribution in [2.45, 2.75) is 65.0 Å². The molecule has 7 heteroatoms. The summed E-state index contributed by atoms with van der Waals surface area (Å²) in [6.07, 6.45) is 1.45. The highest BCUT2D eigenvalue weighted by Gasteiger charge is 2.39. The second-order valence-corrected chi connectivity index (χ2v) is 9.59. The first-order chi connectivity index (χ1) is 15.9. The maximum absolute atomic E-state index is 12.3. The van der Waals surface area contributed by atoms with Crippen LogP contribution in [0.1, 0.15) is 59.1 Å². The zero-order valence-corrected chi connectivity index (χ0v) is 20.7. The molecule has 0 spiro atoms. The lowest BCUT2D eigenvalue weighted by Crippen LogP contribution is -2.42. The molecule has 0 radical (unpaired) electrons. The van der Waals surface area contributed by atoms with Crippen LogP contribution >= 0.6 is 0 Å². The summed E-state index contributed by atoms with van der Waals surface area (Å²) < 4.78 is 0. The Kier molecular flexibility index (Phi) is 7.73. The summed E-state index contributed by atoms with van der Waals surface area (Å²) in [6, 6.07) is 19.3. The quantitative estimate of drug-likeness (QED) is 0.196. The van der Waals surface area contributed by atoms with E-state index < -0.39 is 17.0 Å². The van der Waals surface area contributed by atoms with Crippen molar-refractivity contribution in [3.8, 4) is 0 Å². The minimum atomic E-state index is -1.42. The Hall–Kier alpha value is -2.84. The zero-order valence-electron chi connectivity index (χ0n) is 20.7. The van der Waals surface area contributed by atoms with Crippen molar-refractivity contribution in [1.29, 1.82) is 0 Å². The van der Waals surface area contributed by atoms with Gasteiger partial charge >= 0.3 is 0 Å². The number of carbonyl (C=O) groups is 2. The molecule has 1 aliphatic heterocycles. The van der Waals surface area contributed by atoms with E-state index in [1.165, 1.54) is 6.08 Å². The highest BCUT2D eigenvalue weighted by atomic mass is 17.3. The molecule has 3 rings (SSSR count). The highest BCUT2D eigenvalue weighted by Crippen LogP contribution is 2.32. The van der Waals surface area contributed by atoms with Crippen molar-refractivity contribution in [3.05, 3.63) is 83.4 Å². The van der Waals surface area contributed by atoms with Crippen LogP contribution in [0.15, 0.2) is 72.3 Å². The van der Waals surface area contributed by atoms with Crippen LogP contribution in [0.2, 0.25) is 0 Å². The summed E-state index contributed by atoms with van der Waals surface area (Å²) in [7, 11) is 0. The van der Waals surface area contributed by atoms with Crippen molar-refractivity contribution < 1.29 is 29.1 Å². The number of carbonyl (C=O) groups excluding carboxylic acids is 2. The molecule has 0 fully saturated rings. The monoisotopic (exact) mass is 467 g/mol. The Labute approximate surface area is 201 Å². The van der Waals surface area contributed by atoms with E-state index in [1.54, 1.807) is 13.8 Å². The van der Waals surface area contributed by atoms with Crippen LogP contribution in [0.3, 0.4) is 0 Å². The van der Waals surface area contributed by atoms with Crippen molar-refractivity contribution >= 4 is 11.8 Å². The third-order valence-electron chi connectivity index (χ3n) is 5.77. The summed E-state index contributed by atoms with van der Waals surface area (Å²) in [5.74, 6) is -2.11. The van der Waals surface area contributed by atoms with Crippen molar-refractivity contribution in [1.82, 2.24) is 4.90 Å². The Bertz CT molecular complexity index is 974. The predicted octanol–water partition coefficient (Wildman–Crippen LogP) is 5.17. The first-order valence-electron chi connectivity index (χ1n) is 11.3. The van der Waals surface area contributed by atoms with Gasteiger partial charge in [-0.1, -0.05) is 60.7 Å². The molecule has 0 atom stereocenters. The van der Waals surface area contributed by atoms with Crippen molar-refractivity contribution in [2.24, 2.45) is 0 Å². The molecule has 2 amide bonds. The minimum absolute atomic E-state index is 0.0757. The van der Waals surface area contributed by atoms with Gasteiger partial charge in [-0.3, -0.25) is 14.5 Å². The summed E-state index contributed by atoms with van der Waals surface area (Å²) in [5.41, 5.74) is 0.632. The van der Waals surface area contributed by atoms with Crippen LogP contribution in [0.5, 0.6) is 0 Å². The second kappa shape index (κ2) is 10.2. The number of hydrogen-bond acceptors (Lipinski definition) is 6. The molecule has 7 nitrogen and oxygen atoms in total. The molecule has 2 aromatic rings. The topological polar surface area (TPSA) is 74.3 Å². The lowest BCUT2D eigenvalue weighted by atomic mass is 9.99. The van der Waals surface area contributed by atoms with E-state index in [2.05, 4.69) is 0 Å². The van der Waals surface area contributed by atoms with Gasteiger partial charge in [-0.15, -0.1) is 0 Å². The summed E-state index contributed by atoms with van der Waals surface area (Å²) in [4.78, 5) is 49.0. The predicted molar refractivity (Wildman–Crippen MR) is 127 cm³/mol. The summed E-state index contributed by atoms with van der Waals surface area (Å²) in [6.45, 7) is 10.8. The van der Waals surface area contributed by atoms with Gasteiger partial charge in [0.15, 0.2) is 0 Å². The van der Waals surface area contributed by atoms with E-state index in [9.17, 15) is 9.59 Å². The fourth-order valence-electron chi connectivity index (χ4n) is 3.42. The second-order valence-electron chi connectivity index (χ2n) is 9.59. The molecule has 182 valence electrons. The Morgan fingerprint density at radius 2 is 1.15 bits per heavy atom. The molecule has 0 bridgehead atoms. The number of rotatable bonds is 11. The molecule has 0 aliphatic carbocycles.